The van der Waals surface area contributed by atoms with Crippen LogP contribution < -0.4 is 5.32 Å². The topological polar surface area (TPSA) is 156 Å². The molecule has 2 aliphatic heterocycles. The molecule has 3 atom stereocenters. The summed E-state index contributed by atoms with van der Waals surface area (Å²) in [6.45, 7) is 3.33. The number of rotatable bonds is 6. The summed E-state index contributed by atoms with van der Waals surface area (Å²) in [7, 11) is 0. The Balaban J connectivity index is 1.16. The first kappa shape index (κ1) is 23.0. The Kier molecular flexibility index (Phi) is 6.24. The third-order valence-corrected chi connectivity index (χ3v) is 6.57. The van der Waals surface area contributed by atoms with Crippen LogP contribution in [0.3, 0.4) is 0 Å². The van der Waals surface area contributed by atoms with Crippen molar-refractivity contribution in [1.82, 2.24) is 35.4 Å². The van der Waals surface area contributed by atoms with Crippen LogP contribution in [-0.4, -0.2) is 84.0 Å². The van der Waals surface area contributed by atoms with E-state index < -0.39 is 18.2 Å². The van der Waals surface area contributed by atoms with Gasteiger partial charge in [-0.2, -0.15) is 4.68 Å². The van der Waals surface area contributed by atoms with Gasteiger partial charge in [-0.15, -0.1) is 5.10 Å². The van der Waals surface area contributed by atoms with Crippen LogP contribution in [0.15, 0.2) is 36.8 Å². The number of aliphatic hydroxyl groups excluding tert-OH is 2. The standard InChI is InChI=1S/C23H25N7O5/c1-13-15(3-4-16-17(13)11-35-23(16)34)19(31)9-29-7-6-18(20(32)10-29)26-22(33)14-2-5-21(24-8-14)30-12-25-27-28-30/h2-5,8,12,18-20,31-32H,6-7,9-11H2,1H3,(H,26,33)/t18-,19-,20+/m0/s1. The molecule has 182 valence electrons. The van der Waals surface area contributed by atoms with Crippen molar-refractivity contribution < 1.29 is 24.5 Å². The van der Waals surface area contributed by atoms with Gasteiger partial charge in [0.1, 0.15) is 12.9 Å². The van der Waals surface area contributed by atoms with Gasteiger partial charge in [-0.3, -0.25) is 9.69 Å². The number of aromatic nitrogens is 5. The number of nitrogens with zero attached hydrogens (tertiary/aromatic N) is 6. The number of amides is 1. The summed E-state index contributed by atoms with van der Waals surface area (Å²) >= 11 is 0. The zero-order chi connectivity index (χ0) is 24.5. The van der Waals surface area contributed by atoms with Crippen molar-refractivity contribution in [3.05, 3.63) is 64.6 Å². The Morgan fingerprint density at radius 3 is 2.89 bits per heavy atom. The van der Waals surface area contributed by atoms with Gasteiger partial charge >= 0.3 is 5.97 Å². The molecule has 1 saturated heterocycles. The van der Waals surface area contributed by atoms with Crippen LogP contribution in [0.25, 0.3) is 5.82 Å². The maximum Gasteiger partial charge on any atom is 0.338 e. The summed E-state index contributed by atoms with van der Waals surface area (Å²) in [5.74, 6) is -0.185. The van der Waals surface area contributed by atoms with E-state index in [0.29, 0.717) is 43.0 Å². The molecule has 0 radical (unpaired) electrons. The van der Waals surface area contributed by atoms with Crippen molar-refractivity contribution >= 4 is 11.9 Å². The van der Waals surface area contributed by atoms with Crippen molar-refractivity contribution in [2.24, 2.45) is 0 Å². The van der Waals surface area contributed by atoms with Crippen molar-refractivity contribution in [3.8, 4) is 5.82 Å². The third-order valence-electron chi connectivity index (χ3n) is 6.57. The maximum absolute atomic E-state index is 12.7. The van der Waals surface area contributed by atoms with Crippen LogP contribution in [0.2, 0.25) is 0 Å². The lowest BCUT2D eigenvalue weighted by molar-refractivity contribution is 0.0174. The number of hydrogen-bond acceptors (Lipinski definition) is 10. The molecule has 0 spiro atoms. The predicted molar refractivity (Wildman–Crippen MR) is 121 cm³/mol. The molecule has 35 heavy (non-hydrogen) atoms. The number of cyclic esters (lactones) is 1. The lowest BCUT2D eigenvalue weighted by Gasteiger charge is -2.37. The molecule has 3 N–H and O–H groups in total. The Morgan fingerprint density at radius 2 is 2.17 bits per heavy atom. The van der Waals surface area contributed by atoms with Crippen LogP contribution in [-0.2, 0) is 11.3 Å². The molecule has 0 aliphatic carbocycles. The highest BCUT2D eigenvalue weighted by Gasteiger charge is 2.31. The average Bonchev–Trinajstić information content (AvgIpc) is 3.52. The fraction of sp³-hybridized carbons (Fsp3) is 0.391. The molecule has 12 nitrogen and oxygen atoms in total. The second-order valence-corrected chi connectivity index (χ2v) is 8.75. The molecule has 1 amide bonds. The van der Waals surface area contributed by atoms with E-state index in [1.807, 2.05) is 11.8 Å². The van der Waals surface area contributed by atoms with Gasteiger partial charge in [0.05, 0.1) is 29.4 Å². The molecule has 0 bridgehead atoms. The molecule has 1 aromatic carbocycles. The van der Waals surface area contributed by atoms with Crippen molar-refractivity contribution in [3.63, 3.8) is 0 Å². The van der Waals surface area contributed by atoms with Gasteiger partial charge in [0.15, 0.2) is 5.82 Å². The van der Waals surface area contributed by atoms with E-state index in [-0.39, 0.29) is 18.5 Å². The number of carbonyl (C=O) groups excluding carboxylic acids is 2. The highest BCUT2D eigenvalue weighted by Crippen LogP contribution is 2.29. The van der Waals surface area contributed by atoms with E-state index in [0.717, 1.165) is 16.7 Å². The minimum atomic E-state index is -0.791. The summed E-state index contributed by atoms with van der Waals surface area (Å²) < 4.78 is 6.47. The van der Waals surface area contributed by atoms with Crippen LogP contribution in [0, 0.1) is 6.92 Å². The zero-order valence-corrected chi connectivity index (χ0v) is 19.0. The summed E-state index contributed by atoms with van der Waals surface area (Å²) in [5.41, 5.74) is 3.31. The van der Waals surface area contributed by atoms with Crippen molar-refractivity contribution in [1.29, 1.82) is 0 Å². The van der Waals surface area contributed by atoms with Gasteiger partial charge < -0.3 is 20.3 Å². The molecule has 0 unspecified atom stereocenters. The number of benzene rings is 1. The highest BCUT2D eigenvalue weighted by atomic mass is 16.5. The molecule has 0 saturated carbocycles. The monoisotopic (exact) mass is 479 g/mol. The summed E-state index contributed by atoms with van der Waals surface area (Å²) in [4.78, 5) is 30.6. The Bertz CT molecular complexity index is 1230. The lowest BCUT2D eigenvalue weighted by atomic mass is 9.94. The van der Waals surface area contributed by atoms with Gasteiger partial charge in [0.25, 0.3) is 5.91 Å². The number of hydrogen-bond donors (Lipinski definition) is 3. The molecule has 2 aliphatic rings. The van der Waals surface area contributed by atoms with Crippen molar-refractivity contribution in [2.45, 2.75) is 38.2 Å². The van der Waals surface area contributed by atoms with Gasteiger partial charge in [0, 0.05) is 31.4 Å². The number of carbonyl (C=O) groups is 2. The Morgan fingerprint density at radius 1 is 1.31 bits per heavy atom. The molecular weight excluding hydrogens is 454 g/mol. The van der Waals surface area contributed by atoms with Crippen LogP contribution >= 0.6 is 0 Å². The second-order valence-electron chi connectivity index (χ2n) is 8.75. The Labute approximate surface area is 200 Å². The SMILES string of the molecule is Cc1c([C@@H](O)CN2CC[C@H](NC(=O)c3ccc(-n4cnnn4)nc3)[C@H](O)C2)ccc2c1COC2=O. The van der Waals surface area contributed by atoms with Crippen LogP contribution in [0.1, 0.15) is 49.9 Å². The predicted octanol–water partition coefficient (Wildman–Crippen LogP) is -0.0653. The normalized spacial score (nSPS) is 20.8. The van der Waals surface area contributed by atoms with Gasteiger partial charge in [-0.1, -0.05) is 6.07 Å². The van der Waals surface area contributed by atoms with Crippen LogP contribution in [0.5, 0.6) is 0 Å². The first-order valence-electron chi connectivity index (χ1n) is 11.3. The number of esters is 1. The number of likely N-dealkylation sites (tertiary alicyclic amines) is 1. The number of nitrogens with one attached hydrogen (secondary N) is 1. The first-order valence-corrected chi connectivity index (χ1v) is 11.3. The fourth-order valence-electron chi connectivity index (χ4n) is 4.58. The van der Waals surface area contributed by atoms with E-state index in [9.17, 15) is 19.8 Å². The highest BCUT2D eigenvalue weighted by molar-refractivity contribution is 5.94. The van der Waals surface area contributed by atoms with Crippen LogP contribution in [0.4, 0.5) is 0 Å². The van der Waals surface area contributed by atoms with E-state index in [1.54, 1.807) is 24.3 Å². The van der Waals surface area contributed by atoms with E-state index in [1.165, 1.54) is 17.2 Å². The number of piperidine rings is 1. The van der Waals surface area contributed by atoms with E-state index in [4.69, 9.17) is 4.74 Å². The molecular formula is C23H25N7O5. The first-order chi connectivity index (χ1) is 16.9. The number of β-amino-alcohol motifs (C(OH)–C–C–N with tert-alkyl or cyclic N) is 2. The Hall–Kier alpha value is -3.74. The number of fused-ring (bicyclic) bond motifs is 1. The molecule has 4 heterocycles. The number of aliphatic hydroxyl groups is 2. The largest absolute Gasteiger partial charge is 0.457 e. The van der Waals surface area contributed by atoms with Crippen molar-refractivity contribution in [2.75, 3.05) is 19.6 Å². The number of ether oxygens (including phenoxy) is 1. The lowest BCUT2D eigenvalue weighted by Crippen LogP contribution is -2.54. The van der Waals surface area contributed by atoms with Gasteiger partial charge in [-0.05, 0) is 53.1 Å². The third kappa shape index (κ3) is 4.63. The van der Waals surface area contributed by atoms with Gasteiger partial charge in [0.2, 0.25) is 0 Å². The zero-order valence-electron chi connectivity index (χ0n) is 19.0. The quantitative estimate of drug-likeness (QED) is 0.409. The maximum atomic E-state index is 12.7. The average molecular weight is 479 g/mol. The summed E-state index contributed by atoms with van der Waals surface area (Å²) in [5, 5.41) is 35.2. The molecule has 2 aromatic heterocycles. The smallest absolute Gasteiger partial charge is 0.338 e. The van der Waals surface area contributed by atoms with Gasteiger partial charge in [-0.25, -0.2) is 9.78 Å². The molecule has 5 rings (SSSR count). The summed E-state index contributed by atoms with van der Waals surface area (Å²) in [6.07, 6.45) is 1.80. The molecule has 1 fully saturated rings. The molecule has 3 aromatic rings. The fourth-order valence-corrected chi connectivity index (χ4v) is 4.58. The van der Waals surface area contributed by atoms with E-state index in [2.05, 4.69) is 25.8 Å². The minimum absolute atomic E-state index is 0.222. The summed E-state index contributed by atoms with van der Waals surface area (Å²) in [6, 6.07) is 6.29. The number of pyridine rings is 1. The second kappa shape index (κ2) is 9.49. The number of tetrazole rings is 1. The van der Waals surface area contributed by atoms with E-state index >= 15 is 0 Å². The minimum Gasteiger partial charge on any atom is -0.457 e. The molecule has 12 heteroatoms.